The Bertz CT molecular complexity index is 1200. The van der Waals surface area contributed by atoms with Crippen LogP contribution in [-0.2, 0) is 16.1 Å². The number of carbonyl (C=O) groups is 2. The summed E-state index contributed by atoms with van der Waals surface area (Å²) in [6.07, 6.45) is 0. The van der Waals surface area contributed by atoms with Crippen molar-refractivity contribution in [1.82, 2.24) is 25.1 Å². The number of rotatable bonds is 10. The van der Waals surface area contributed by atoms with E-state index in [0.717, 1.165) is 37.3 Å². The van der Waals surface area contributed by atoms with Crippen molar-refractivity contribution in [2.45, 2.75) is 13.5 Å². The summed E-state index contributed by atoms with van der Waals surface area (Å²) in [4.78, 5) is 37.4. The minimum absolute atomic E-state index is 0.0998. The zero-order valence-electron chi connectivity index (χ0n) is 20.9. The normalized spacial score (nSPS) is 14.2. The maximum atomic E-state index is 13.5. The number of nitrogens with zero attached hydrogens (tertiary/aromatic N) is 4. The molecule has 1 fully saturated rings. The number of hydrogen-bond donors (Lipinski definition) is 3. The third-order valence-electron chi connectivity index (χ3n) is 5.96. The molecule has 0 aliphatic carbocycles. The van der Waals surface area contributed by atoms with Crippen LogP contribution in [0.4, 0.5) is 16.0 Å². The quantitative estimate of drug-likeness (QED) is 0.364. The van der Waals surface area contributed by atoms with E-state index in [1.165, 1.54) is 13.0 Å². The Morgan fingerprint density at radius 3 is 2.35 bits per heavy atom. The van der Waals surface area contributed by atoms with Gasteiger partial charge in [0.25, 0.3) is 0 Å². The largest absolute Gasteiger partial charge is 0.368 e. The summed E-state index contributed by atoms with van der Waals surface area (Å²) in [6, 6.07) is 17.9. The molecule has 0 saturated carbocycles. The minimum atomic E-state index is -0.223. The molecule has 0 radical (unpaired) electrons. The lowest BCUT2D eigenvalue weighted by Gasteiger charge is -2.34. The molecule has 2 heterocycles. The molecule has 1 saturated heterocycles. The van der Waals surface area contributed by atoms with Gasteiger partial charge < -0.3 is 16.0 Å². The van der Waals surface area contributed by atoms with Gasteiger partial charge in [-0.05, 0) is 17.7 Å². The van der Waals surface area contributed by atoms with Crippen molar-refractivity contribution >= 4 is 23.5 Å². The summed E-state index contributed by atoms with van der Waals surface area (Å²) in [5.41, 5.74) is 1.78. The highest BCUT2D eigenvalue weighted by Gasteiger charge is 2.20. The predicted molar refractivity (Wildman–Crippen MR) is 141 cm³/mol. The molecule has 2 amide bonds. The molecule has 3 N–H and O–H groups in total. The molecule has 1 aliphatic heterocycles. The lowest BCUT2D eigenvalue weighted by atomic mass is 10.2. The van der Waals surface area contributed by atoms with E-state index in [0.29, 0.717) is 37.1 Å². The Labute approximate surface area is 216 Å². The standard InChI is InChI=1S/C27H32FN7O2/c1-20(36)29-10-11-30-24-17-25(33-27(32-24)22-7-3-2-4-8-22)31-26(37)19-35-14-12-34(13-15-35)18-21-6-5-9-23(28)16-21/h2-9,16-17H,10-15,18-19H2,1H3,(H,29,36)(H2,30,31,32,33,37). The van der Waals surface area contributed by atoms with Crippen molar-refractivity contribution < 1.29 is 14.0 Å². The van der Waals surface area contributed by atoms with E-state index in [1.807, 2.05) is 36.4 Å². The van der Waals surface area contributed by atoms with Gasteiger partial charge in [-0.3, -0.25) is 19.4 Å². The van der Waals surface area contributed by atoms with E-state index >= 15 is 0 Å². The number of aromatic nitrogens is 2. The van der Waals surface area contributed by atoms with Gasteiger partial charge in [-0.25, -0.2) is 14.4 Å². The van der Waals surface area contributed by atoms with Crippen LogP contribution >= 0.6 is 0 Å². The fourth-order valence-corrected chi connectivity index (χ4v) is 4.13. The van der Waals surface area contributed by atoms with E-state index in [1.54, 1.807) is 18.2 Å². The smallest absolute Gasteiger partial charge is 0.239 e. The summed E-state index contributed by atoms with van der Waals surface area (Å²) >= 11 is 0. The molecule has 2 aromatic carbocycles. The van der Waals surface area contributed by atoms with E-state index in [4.69, 9.17) is 0 Å². The number of piperazine rings is 1. The third kappa shape index (κ3) is 8.33. The van der Waals surface area contributed by atoms with Crippen molar-refractivity contribution in [3.63, 3.8) is 0 Å². The maximum Gasteiger partial charge on any atom is 0.239 e. The lowest BCUT2D eigenvalue weighted by molar-refractivity contribution is -0.119. The van der Waals surface area contributed by atoms with Gasteiger partial charge in [-0.15, -0.1) is 0 Å². The molecule has 0 spiro atoms. The van der Waals surface area contributed by atoms with Gasteiger partial charge >= 0.3 is 0 Å². The summed E-state index contributed by atoms with van der Waals surface area (Å²) in [5.74, 6) is 0.981. The Morgan fingerprint density at radius 2 is 1.62 bits per heavy atom. The van der Waals surface area contributed by atoms with Gasteiger partial charge in [-0.1, -0.05) is 42.5 Å². The Balaban J connectivity index is 1.33. The van der Waals surface area contributed by atoms with Crippen LogP contribution in [0.15, 0.2) is 60.7 Å². The number of hydrogen-bond acceptors (Lipinski definition) is 7. The fourth-order valence-electron chi connectivity index (χ4n) is 4.13. The number of carbonyl (C=O) groups excluding carboxylic acids is 2. The number of benzene rings is 2. The zero-order chi connectivity index (χ0) is 26.0. The maximum absolute atomic E-state index is 13.5. The molecule has 1 aromatic heterocycles. The SMILES string of the molecule is CC(=O)NCCNc1cc(NC(=O)CN2CCN(Cc3cccc(F)c3)CC2)nc(-c2ccccc2)n1. The van der Waals surface area contributed by atoms with Gasteiger partial charge in [0.2, 0.25) is 11.8 Å². The first-order valence-corrected chi connectivity index (χ1v) is 12.4. The molecule has 0 unspecified atom stereocenters. The molecule has 0 bridgehead atoms. The topological polar surface area (TPSA) is 102 Å². The first-order chi connectivity index (χ1) is 17.9. The summed E-state index contributed by atoms with van der Waals surface area (Å²) in [5, 5.41) is 8.82. The van der Waals surface area contributed by atoms with E-state index < -0.39 is 0 Å². The van der Waals surface area contributed by atoms with Crippen LogP contribution in [0.3, 0.4) is 0 Å². The number of amides is 2. The molecule has 194 valence electrons. The Kier molecular flexibility index (Phi) is 9.12. The van der Waals surface area contributed by atoms with E-state index in [9.17, 15) is 14.0 Å². The molecule has 9 nitrogen and oxygen atoms in total. The highest BCUT2D eigenvalue weighted by atomic mass is 19.1. The van der Waals surface area contributed by atoms with Gasteiger partial charge in [-0.2, -0.15) is 0 Å². The van der Waals surface area contributed by atoms with E-state index in [2.05, 4.69) is 35.7 Å². The van der Waals surface area contributed by atoms with Crippen LogP contribution < -0.4 is 16.0 Å². The van der Waals surface area contributed by atoms with Gasteiger partial charge in [0, 0.05) is 64.4 Å². The van der Waals surface area contributed by atoms with Crippen LogP contribution in [-0.4, -0.2) is 77.4 Å². The Hall–Kier alpha value is -3.89. The van der Waals surface area contributed by atoms with Crippen LogP contribution in [0.2, 0.25) is 0 Å². The fraction of sp³-hybridized carbons (Fsp3) is 0.333. The monoisotopic (exact) mass is 505 g/mol. The van der Waals surface area contributed by atoms with Crippen molar-refractivity contribution in [1.29, 1.82) is 0 Å². The second-order valence-electron chi connectivity index (χ2n) is 8.97. The summed E-state index contributed by atoms with van der Waals surface area (Å²) in [6.45, 7) is 6.45. The first kappa shape index (κ1) is 26.2. The highest BCUT2D eigenvalue weighted by Crippen LogP contribution is 2.20. The highest BCUT2D eigenvalue weighted by molar-refractivity contribution is 5.92. The number of anilines is 2. The predicted octanol–water partition coefficient (Wildman–Crippen LogP) is 2.59. The average Bonchev–Trinajstić information content (AvgIpc) is 2.88. The number of nitrogens with one attached hydrogen (secondary N) is 3. The second-order valence-corrected chi connectivity index (χ2v) is 8.97. The zero-order valence-corrected chi connectivity index (χ0v) is 20.9. The van der Waals surface area contributed by atoms with Crippen LogP contribution in [0.1, 0.15) is 12.5 Å². The van der Waals surface area contributed by atoms with Crippen LogP contribution in [0, 0.1) is 5.82 Å². The molecule has 1 aliphatic rings. The summed E-state index contributed by atoms with van der Waals surface area (Å²) in [7, 11) is 0. The van der Waals surface area contributed by atoms with Gasteiger partial charge in [0.05, 0.1) is 6.54 Å². The number of halogens is 1. The van der Waals surface area contributed by atoms with Gasteiger partial charge in [0.1, 0.15) is 17.5 Å². The van der Waals surface area contributed by atoms with Crippen molar-refractivity contribution in [3.8, 4) is 11.4 Å². The first-order valence-electron chi connectivity index (χ1n) is 12.4. The third-order valence-corrected chi connectivity index (χ3v) is 5.96. The second kappa shape index (κ2) is 12.9. The van der Waals surface area contributed by atoms with E-state index in [-0.39, 0.29) is 24.2 Å². The molecule has 3 aromatic rings. The summed E-state index contributed by atoms with van der Waals surface area (Å²) < 4.78 is 13.5. The molecule has 4 rings (SSSR count). The Morgan fingerprint density at radius 1 is 0.892 bits per heavy atom. The van der Waals surface area contributed by atoms with Gasteiger partial charge in [0.15, 0.2) is 5.82 Å². The molecule has 37 heavy (non-hydrogen) atoms. The molecular weight excluding hydrogens is 473 g/mol. The van der Waals surface area contributed by atoms with Crippen molar-refractivity contribution in [3.05, 3.63) is 72.0 Å². The lowest BCUT2D eigenvalue weighted by Crippen LogP contribution is -2.48. The molecule has 10 heteroatoms. The van der Waals surface area contributed by atoms with Crippen LogP contribution in [0.25, 0.3) is 11.4 Å². The van der Waals surface area contributed by atoms with Crippen LogP contribution in [0.5, 0.6) is 0 Å². The minimum Gasteiger partial charge on any atom is -0.368 e. The average molecular weight is 506 g/mol. The molecular formula is C27H32FN7O2. The van der Waals surface area contributed by atoms with Crippen molar-refractivity contribution in [2.24, 2.45) is 0 Å². The van der Waals surface area contributed by atoms with Crippen molar-refractivity contribution in [2.75, 3.05) is 56.4 Å². The molecule has 0 atom stereocenters.